The fourth-order valence-corrected chi connectivity index (χ4v) is 3.44. The van der Waals surface area contributed by atoms with Crippen molar-refractivity contribution in [2.24, 2.45) is 0 Å². The number of phenolic OH excluding ortho intramolecular Hbond substituents is 2. The van der Waals surface area contributed by atoms with Crippen molar-refractivity contribution in [2.75, 3.05) is 0 Å². The fourth-order valence-electron chi connectivity index (χ4n) is 3.44. The molecule has 0 saturated heterocycles. The topological polar surface area (TPSA) is 40.5 Å². The van der Waals surface area contributed by atoms with Gasteiger partial charge in [0, 0.05) is 5.92 Å². The molecule has 0 saturated carbocycles. The minimum absolute atomic E-state index is 0.354. The molecule has 2 aromatic carbocycles. The van der Waals surface area contributed by atoms with Gasteiger partial charge in [-0.3, -0.25) is 0 Å². The van der Waals surface area contributed by atoms with E-state index < -0.39 is 0 Å². The Morgan fingerprint density at radius 2 is 1.35 bits per heavy atom. The second-order valence-corrected chi connectivity index (χ2v) is 5.69. The summed E-state index contributed by atoms with van der Waals surface area (Å²) in [7, 11) is 0. The lowest BCUT2D eigenvalue weighted by Crippen LogP contribution is -2.15. The first kappa shape index (κ1) is 13.0. The molecule has 104 valence electrons. The standard InChI is InChI=1S/C18H20O2/c1-4-12-13-5-7-17(19)10(2)15(13)9-16-11(3)18(20)8-6-14(12)16/h5-8,12,19-20H,4,9H2,1-3H3. The summed E-state index contributed by atoms with van der Waals surface area (Å²) in [4.78, 5) is 0. The predicted octanol–water partition coefficient (Wildman–Crippen LogP) is 4.16. The van der Waals surface area contributed by atoms with Crippen molar-refractivity contribution in [3.8, 4) is 11.5 Å². The third-order valence-electron chi connectivity index (χ3n) is 4.72. The van der Waals surface area contributed by atoms with Gasteiger partial charge >= 0.3 is 0 Å². The number of aromatic hydroxyl groups is 2. The summed E-state index contributed by atoms with van der Waals surface area (Å²) in [5, 5.41) is 19.9. The van der Waals surface area contributed by atoms with Crippen LogP contribution < -0.4 is 0 Å². The molecule has 1 aliphatic rings. The van der Waals surface area contributed by atoms with Crippen LogP contribution in [0.15, 0.2) is 24.3 Å². The first-order chi connectivity index (χ1) is 9.54. The summed E-state index contributed by atoms with van der Waals surface area (Å²) in [6, 6.07) is 7.71. The monoisotopic (exact) mass is 268 g/mol. The number of benzene rings is 2. The molecule has 0 amide bonds. The molecule has 3 rings (SSSR count). The lowest BCUT2D eigenvalue weighted by atomic mass is 9.74. The molecule has 0 heterocycles. The van der Waals surface area contributed by atoms with Gasteiger partial charge in [0.15, 0.2) is 0 Å². The third kappa shape index (κ3) is 1.71. The van der Waals surface area contributed by atoms with E-state index in [9.17, 15) is 10.2 Å². The van der Waals surface area contributed by atoms with E-state index in [0.29, 0.717) is 17.4 Å². The van der Waals surface area contributed by atoms with E-state index in [1.54, 1.807) is 12.1 Å². The molecule has 0 spiro atoms. The summed E-state index contributed by atoms with van der Waals surface area (Å²) < 4.78 is 0. The van der Waals surface area contributed by atoms with Crippen LogP contribution in [0.1, 0.15) is 52.6 Å². The molecular weight excluding hydrogens is 248 g/mol. The average Bonchev–Trinajstić information content (AvgIpc) is 2.45. The van der Waals surface area contributed by atoms with E-state index in [1.165, 1.54) is 22.3 Å². The largest absolute Gasteiger partial charge is 0.508 e. The van der Waals surface area contributed by atoms with Crippen LogP contribution in [0.3, 0.4) is 0 Å². The highest BCUT2D eigenvalue weighted by atomic mass is 16.3. The van der Waals surface area contributed by atoms with Gasteiger partial charge in [-0.25, -0.2) is 0 Å². The second-order valence-electron chi connectivity index (χ2n) is 5.69. The molecular formula is C18H20O2. The van der Waals surface area contributed by atoms with E-state index >= 15 is 0 Å². The van der Waals surface area contributed by atoms with Crippen molar-refractivity contribution in [1.29, 1.82) is 0 Å². The predicted molar refractivity (Wildman–Crippen MR) is 80.6 cm³/mol. The quantitative estimate of drug-likeness (QED) is 0.815. The molecule has 0 radical (unpaired) electrons. The van der Waals surface area contributed by atoms with Gasteiger partial charge in [-0.1, -0.05) is 19.1 Å². The Morgan fingerprint density at radius 3 is 1.75 bits per heavy atom. The van der Waals surface area contributed by atoms with Crippen molar-refractivity contribution in [1.82, 2.24) is 0 Å². The molecule has 2 heteroatoms. The van der Waals surface area contributed by atoms with E-state index in [2.05, 4.69) is 19.1 Å². The van der Waals surface area contributed by atoms with Gasteiger partial charge < -0.3 is 10.2 Å². The van der Waals surface area contributed by atoms with Crippen molar-refractivity contribution in [3.05, 3.63) is 57.6 Å². The smallest absolute Gasteiger partial charge is 0.118 e. The average molecular weight is 268 g/mol. The minimum Gasteiger partial charge on any atom is -0.508 e. The molecule has 2 N–H and O–H groups in total. The third-order valence-corrected chi connectivity index (χ3v) is 4.72. The maximum absolute atomic E-state index is 9.96. The van der Waals surface area contributed by atoms with Gasteiger partial charge in [0.1, 0.15) is 11.5 Å². The van der Waals surface area contributed by atoms with Crippen LogP contribution in [0, 0.1) is 13.8 Å². The second kappa shape index (κ2) is 4.55. The number of fused-ring (bicyclic) bond motifs is 2. The highest BCUT2D eigenvalue weighted by Gasteiger charge is 2.27. The van der Waals surface area contributed by atoms with Gasteiger partial charge in [0.25, 0.3) is 0 Å². The number of hydrogen-bond donors (Lipinski definition) is 2. The molecule has 0 aromatic heterocycles. The summed E-state index contributed by atoms with van der Waals surface area (Å²) in [6.45, 7) is 6.14. The zero-order valence-electron chi connectivity index (χ0n) is 12.2. The van der Waals surface area contributed by atoms with E-state index in [1.807, 2.05) is 13.8 Å². The molecule has 20 heavy (non-hydrogen) atoms. The Bertz CT molecular complexity index is 629. The fraction of sp³-hybridized carbons (Fsp3) is 0.333. The normalized spacial score (nSPS) is 13.9. The lowest BCUT2D eigenvalue weighted by Gasteiger charge is -2.30. The van der Waals surface area contributed by atoms with Crippen molar-refractivity contribution in [3.63, 3.8) is 0 Å². The SMILES string of the molecule is CCC1c2ccc(O)c(C)c2Cc2c1ccc(O)c2C. The number of phenols is 2. The van der Waals surface area contributed by atoms with E-state index in [4.69, 9.17) is 0 Å². The number of hydrogen-bond acceptors (Lipinski definition) is 2. The first-order valence-electron chi connectivity index (χ1n) is 7.17. The molecule has 2 aromatic rings. The molecule has 0 aliphatic heterocycles. The summed E-state index contributed by atoms with van der Waals surface area (Å²) >= 11 is 0. The Labute approximate surface area is 119 Å². The van der Waals surface area contributed by atoms with E-state index in [0.717, 1.165) is 24.0 Å². The van der Waals surface area contributed by atoms with Crippen LogP contribution in [0.2, 0.25) is 0 Å². The van der Waals surface area contributed by atoms with Gasteiger partial charge in [-0.05, 0) is 72.2 Å². The van der Waals surface area contributed by atoms with Crippen molar-refractivity contribution in [2.45, 2.75) is 39.5 Å². The molecule has 2 nitrogen and oxygen atoms in total. The molecule has 0 bridgehead atoms. The van der Waals surface area contributed by atoms with Crippen molar-refractivity contribution < 1.29 is 10.2 Å². The number of rotatable bonds is 1. The Morgan fingerprint density at radius 1 is 0.900 bits per heavy atom. The first-order valence-corrected chi connectivity index (χ1v) is 7.17. The van der Waals surface area contributed by atoms with Gasteiger partial charge in [0.05, 0.1) is 0 Å². The van der Waals surface area contributed by atoms with Crippen LogP contribution in [0.25, 0.3) is 0 Å². The van der Waals surface area contributed by atoms with Crippen LogP contribution in [0.4, 0.5) is 0 Å². The maximum atomic E-state index is 9.96. The zero-order valence-corrected chi connectivity index (χ0v) is 12.2. The van der Waals surface area contributed by atoms with Crippen LogP contribution in [-0.2, 0) is 6.42 Å². The summed E-state index contributed by atoms with van der Waals surface area (Å²) in [5.74, 6) is 1.08. The van der Waals surface area contributed by atoms with Crippen LogP contribution in [-0.4, -0.2) is 10.2 Å². The minimum atomic E-state index is 0.354. The zero-order chi connectivity index (χ0) is 14.4. The highest BCUT2D eigenvalue weighted by Crippen LogP contribution is 2.43. The van der Waals surface area contributed by atoms with E-state index in [-0.39, 0.29) is 0 Å². The summed E-state index contributed by atoms with van der Waals surface area (Å²) in [6.07, 6.45) is 1.82. The summed E-state index contributed by atoms with van der Waals surface area (Å²) in [5.41, 5.74) is 7.01. The molecule has 0 fully saturated rings. The Balaban J connectivity index is 2.27. The van der Waals surface area contributed by atoms with Crippen molar-refractivity contribution >= 4 is 0 Å². The van der Waals surface area contributed by atoms with Crippen LogP contribution >= 0.6 is 0 Å². The van der Waals surface area contributed by atoms with Gasteiger partial charge in [-0.15, -0.1) is 0 Å². The highest BCUT2D eigenvalue weighted by molar-refractivity contribution is 5.58. The Hall–Kier alpha value is -1.96. The molecule has 0 unspecified atom stereocenters. The Kier molecular flexibility index (Phi) is 2.97. The van der Waals surface area contributed by atoms with Gasteiger partial charge in [-0.2, -0.15) is 0 Å². The molecule has 1 aliphatic carbocycles. The maximum Gasteiger partial charge on any atom is 0.118 e. The van der Waals surface area contributed by atoms with Crippen LogP contribution in [0.5, 0.6) is 11.5 Å². The molecule has 0 atom stereocenters. The van der Waals surface area contributed by atoms with Gasteiger partial charge in [0.2, 0.25) is 0 Å². The lowest BCUT2D eigenvalue weighted by molar-refractivity contribution is 0.467.